The van der Waals surface area contributed by atoms with Crippen LogP contribution in [0, 0.1) is 0 Å². The summed E-state index contributed by atoms with van der Waals surface area (Å²) in [5.74, 6) is -1.06. The number of alkyl carbamates (subject to hydrolysis) is 1. The molecule has 37 heavy (non-hydrogen) atoms. The molecule has 0 bridgehead atoms. The van der Waals surface area contributed by atoms with Crippen molar-refractivity contribution in [1.29, 1.82) is 0 Å². The third kappa shape index (κ3) is 7.06. The average Bonchev–Trinajstić information content (AvgIpc) is 3.34. The quantitative estimate of drug-likeness (QED) is 0.134. The standard InChI is InChI=1S/C28H26N4O5/c33-26(32-36)15-12-19-10-13-22(14-11-19)30-27(34)25(16-21-17-29-24-9-5-4-8-23(21)24)31-28(35)37-18-20-6-2-1-3-7-20/h1-15,17,25,29,36H,16,18H2,(H,30,34)(H,31,35)(H,32,33). The Bertz CT molecular complexity index is 1400. The van der Waals surface area contributed by atoms with E-state index in [-0.39, 0.29) is 13.0 Å². The van der Waals surface area contributed by atoms with Crippen molar-refractivity contribution in [1.82, 2.24) is 15.8 Å². The van der Waals surface area contributed by atoms with Gasteiger partial charge in [-0.05, 0) is 41.0 Å². The minimum atomic E-state index is -0.907. The summed E-state index contributed by atoms with van der Waals surface area (Å²) < 4.78 is 5.34. The summed E-state index contributed by atoms with van der Waals surface area (Å²) in [7, 11) is 0. The molecule has 1 unspecified atom stereocenters. The molecule has 0 aliphatic rings. The molecular weight excluding hydrogens is 472 g/mol. The lowest BCUT2D eigenvalue weighted by Crippen LogP contribution is -2.45. The van der Waals surface area contributed by atoms with Crippen LogP contribution in [0.5, 0.6) is 0 Å². The van der Waals surface area contributed by atoms with E-state index in [2.05, 4.69) is 15.6 Å². The van der Waals surface area contributed by atoms with Gasteiger partial charge in [-0.3, -0.25) is 14.8 Å². The molecule has 3 aromatic carbocycles. The molecule has 0 saturated heterocycles. The minimum absolute atomic E-state index is 0.0807. The number of carbonyl (C=O) groups excluding carboxylic acids is 3. The highest BCUT2D eigenvalue weighted by atomic mass is 16.5. The zero-order valence-corrected chi connectivity index (χ0v) is 19.8. The highest BCUT2D eigenvalue weighted by Crippen LogP contribution is 2.20. The number of amides is 3. The third-order valence-corrected chi connectivity index (χ3v) is 5.64. The van der Waals surface area contributed by atoms with E-state index in [0.29, 0.717) is 11.3 Å². The van der Waals surface area contributed by atoms with Crippen LogP contribution in [0.4, 0.5) is 10.5 Å². The first-order chi connectivity index (χ1) is 18.0. The molecule has 1 aromatic heterocycles. The van der Waals surface area contributed by atoms with E-state index in [1.54, 1.807) is 24.3 Å². The average molecular weight is 499 g/mol. The number of anilines is 1. The Morgan fingerprint density at radius 3 is 2.43 bits per heavy atom. The largest absolute Gasteiger partial charge is 0.445 e. The summed E-state index contributed by atoms with van der Waals surface area (Å²) in [6, 6.07) is 22.8. The molecule has 0 spiro atoms. The number of ether oxygens (including phenoxy) is 1. The molecule has 4 aromatic rings. The number of para-hydroxylation sites is 1. The maximum Gasteiger partial charge on any atom is 0.408 e. The van der Waals surface area contributed by atoms with E-state index in [9.17, 15) is 14.4 Å². The Morgan fingerprint density at radius 2 is 1.68 bits per heavy atom. The van der Waals surface area contributed by atoms with Crippen molar-refractivity contribution in [2.24, 2.45) is 0 Å². The zero-order chi connectivity index (χ0) is 26.0. The first-order valence-corrected chi connectivity index (χ1v) is 11.6. The third-order valence-electron chi connectivity index (χ3n) is 5.64. The number of hydrogen-bond donors (Lipinski definition) is 5. The maximum atomic E-state index is 13.2. The smallest absolute Gasteiger partial charge is 0.408 e. The number of aromatic amines is 1. The lowest BCUT2D eigenvalue weighted by molar-refractivity contribution is -0.124. The summed E-state index contributed by atoms with van der Waals surface area (Å²) in [6.07, 6.45) is 4.06. The predicted octanol–water partition coefficient (Wildman–Crippen LogP) is 4.16. The fraction of sp³-hybridized carbons (Fsp3) is 0.107. The van der Waals surface area contributed by atoms with Gasteiger partial charge in [0.1, 0.15) is 12.6 Å². The summed E-state index contributed by atoms with van der Waals surface area (Å²) in [6.45, 7) is 0.0807. The van der Waals surface area contributed by atoms with Crippen LogP contribution in [-0.2, 0) is 27.4 Å². The van der Waals surface area contributed by atoms with E-state index in [0.717, 1.165) is 22.0 Å². The SMILES string of the molecule is O=C(C=Cc1ccc(NC(=O)C(Cc2c[nH]c3ccccc23)NC(=O)OCc2ccccc2)cc1)NO. The van der Waals surface area contributed by atoms with Crippen molar-refractivity contribution >= 4 is 40.6 Å². The van der Waals surface area contributed by atoms with Crippen LogP contribution in [0.15, 0.2) is 91.1 Å². The summed E-state index contributed by atoms with van der Waals surface area (Å²) in [5.41, 5.74) is 5.37. The van der Waals surface area contributed by atoms with Crippen LogP contribution in [0.3, 0.4) is 0 Å². The monoisotopic (exact) mass is 498 g/mol. The highest BCUT2D eigenvalue weighted by Gasteiger charge is 2.23. The molecule has 1 heterocycles. The molecule has 188 valence electrons. The number of H-pyrrole nitrogens is 1. The van der Waals surface area contributed by atoms with Crippen molar-refractivity contribution in [3.63, 3.8) is 0 Å². The van der Waals surface area contributed by atoms with Crippen LogP contribution in [0.25, 0.3) is 17.0 Å². The molecule has 0 aliphatic heterocycles. The van der Waals surface area contributed by atoms with Gasteiger partial charge in [0.2, 0.25) is 5.91 Å². The van der Waals surface area contributed by atoms with Crippen molar-refractivity contribution in [3.8, 4) is 0 Å². The lowest BCUT2D eigenvalue weighted by Gasteiger charge is -2.18. The number of carbonyl (C=O) groups is 3. The molecule has 0 aliphatic carbocycles. The highest BCUT2D eigenvalue weighted by molar-refractivity contribution is 5.97. The zero-order valence-electron chi connectivity index (χ0n) is 19.8. The second kappa shape index (κ2) is 12.2. The predicted molar refractivity (Wildman–Crippen MR) is 140 cm³/mol. The maximum absolute atomic E-state index is 13.2. The van der Waals surface area contributed by atoms with Crippen LogP contribution >= 0.6 is 0 Å². The first kappa shape index (κ1) is 25.2. The number of nitrogens with one attached hydrogen (secondary N) is 4. The van der Waals surface area contributed by atoms with Gasteiger partial charge in [0.25, 0.3) is 5.91 Å². The number of hydrogen-bond acceptors (Lipinski definition) is 5. The Balaban J connectivity index is 1.46. The molecule has 4 rings (SSSR count). The fourth-order valence-corrected chi connectivity index (χ4v) is 3.75. The Morgan fingerprint density at radius 1 is 0.946 bits per heavy atom. The van der Waals surface area contributed by atoms with E-state index < -0.39 is 23.9 Å². The van der Waals surface area contributed by atoms with Crippen LogP contribution in [0.2, 0.25) is 0 Å². The summed E-state index contributed by atoms with van der Waals surface area (Å²) >= 11 is 0. The summed E-state index contributed by atoms with van der Waals surface area (Å²) in [5, 5.41) is 15.1. The number of hydroxylamine groups is 1. The van der Waals surface area contributed by atoms with Gasteiger partial charge in [-0.25, -0.2) is 10.3 Å². The van der Waals surface area contributed by atoms with E-state index in [1.807, 2.05) is 60.8 Å². The van der Waals surface area contributed by atoms with Crippen molar-refractivity contribution in [2.45, 2.75) is 19.1 Å². The first-order valence-electron chi connectivity index (χ1n) is 11.6. The molecule has 5 N–H and O–H groups in total. The van der Waals surface area contributed by atoms with Gasteiger partial charge in [-0.2, -0.15) is 0 Å². The molecular formula is C28H26N4O5. The van der Waals surface area contributed by atoms with E-state index in [4.69, 9.17) is 9.94 Å². The van der Waals surface area contributed by atoms with E-state index >= 15 is 0 Å². The lowest BCUT2D eigenvalue weighted by atomic mass is 10.0. The Kier molecular flexibility index (Phi) is 8.30. The molecule has 0 saturated carbocycles. The molecule has 0 radical (unpaired) electrons. The number of rotatable bonds is 9. The van der Waals surface area contributed by atoms with Crippen molar-refractivity contribution in [2.75, 3.05) is 5.32 Å². The Hall–Kier alpha value is -4.89. The molecule has 9 heteroatoms. The topological polar surface area (TPSA) is 133 Å². The van der Waals surface area contributed by atoms with Gasteiger partial charge >= 0.3 is 6.09 Å². The number of benzene rings is 3. The Labute approximate surface area is 213 Å². The number of fused-ring (bicyclic) bond motifs is 1. The van der Waals surface area contributed by atoms with Crippen LogP contribution < -0.4 is 16.1 Å². The van der Waals surface area contributed by atoms with Gasteiger partial charge in [-0.1, -0.05) is 60.7 Å². The fourth-order valence-electron chi connectivity index (χ4n) is 3.75. The molecule has 1 atom stereocenters. The van der Waals surface area contributed by atoms with Crippen LogP contribution in [-0.4, -0.2) is 34.1 Å². The van der Waals surface area contributed by atoms with Gasteiger partial charge < -0.3 is 20.4 Å². The normalized spacial score (nSPS) is 11.7. The second-order valence-electron chi connectivity index (χ2n) is 8.24. The van der Waals surface area contributed by atoms with Crippen molar-refractivity contribution < 1.29 is 24.3 Å². The van der Waals surface area contributed by atoms with E-state index in [1.165, 1.54) is 17.6 Å². The molecule has 9 nitrogen and oxygen atoms in total. The second-order valence-corrected chi connectivity index (χ2v) is 8.24. The van der Waals surface area contributed by atoms with Gasteiger partial charge in [0, 0.05) is 35.3 Å². The molecule has 0 fully saturated rings. The van der Waals surface area contributed by atoms with Crippen molar-refractivity contribution in [3.05, 3.63) is 108 Å². The summed E-state index contributed by atoms with van der Waals surface area (Å²) in [4.78, 5) is 40.2. The van der Waals surface area contributed by atoms with Gasteiger partial charge in [0.05, 0.1) is 0 Å². The van der Waals surface area contributed by atoms with Crippen LogP contribution in [0.1, 0.15) is 16.7 Å². The molecule has 3 amide bonds. The van der Waals surface area contributed by atoms with Gasteiger partial charge in [-0.15, -0.1) is 0 Å². The van der Waals surface area contributed by atoms with Gasteiger partial charge in [0.15, 0.2) is 0 Å². The number of aromatic nitrogens is 1. The minimum Gasteiger partial charge on any atom is -0.445 e.